The van der Waals surface area contributed by atoms with Gasteiger partial charge in [0.05, 0.1) is 11.5 Å². The van der Waals surface area contributed by atoms with Crippen LogP contribution >= 0.6 is 0 Å². The van der Waals surface area contributed by atoms with E-state index in [1.165, 1.54) is 6.07 Å². The van der Waals surface area contributed by atoms with Gasteiger partial charge in [-0.2, -0.15) is 0 Å². The molecule has 2 aromatic carbocycles. The second-order valence-electron chi connectivity index (χ2n) is 6.38. The zero-order valence-electron chi connectivity index (χ0n) is 14.7. The third kappa shape index (κ3) is 3.44. The number of carbonyl (C=O) groups is 1. The van der Waals surface area contributed by atoms with Gasteiger partial charge in [-0.25, -0.2) is 0 Å². The molecule has 0 fully saturated rings. The van der Waals surface area contributed by atoms with Crippen molar-refractivity contribution >= 4 is 23.0 Å². The SMILES string of the molecule is C=CCN(C(=O)CN1c2ccc([N+](=O)[O-])cc2CC1C)c1ccccc1. The standard InChI is InChI=1S/C20H21N3O3/c1-3-11-21(17-7-5-4-6-8-17)20(24)14-22-15(2)12-16-13-18(23(25)26)9-10-19(16)22/h3-10,13,15H,1,11-12,14H2,2H3. The van der Waals surface area contributed by atoms with E-state index >= 15 is 0 Å². The van der Waals surface area contributed by atoms with Crippen LogP contribution in [-0.4, -0.2) is 30.0 Å². The van der Waals surface area contributed by atoms with Gasteiger partial charge in [-0.15, -0.1) is 6.58 Å². The minimum Gasteiger partial charge on any atom is -0.359 e. The Balaban J connectivity index is 1.83. The number of para-hydroxylation sites is 1. The lowest BCUT2D eigenvalue weighted by Crippen LogP contribution is -2.42. The molecule has 6 nitrogen and oxygen atoms in total. The second-order valence-corrected chi connectivity index (χ2v) is 6.38. The Labute approximate surface area is 152 Å². The molecule has 3 rings (SSSR count). The van der Waals surface area contributed by atoms with Crippen molar-refractivity contribution in [1.82, 2.24) is 0 Å². The van der Waals surface area contributed by atoms with E-state index in [9.17, 15) is 14.9 Å². The molecule has 0 spiro atoms. The molecule has 1 aliphatic rings. The highest BCUT2D eigenvalue weighted by Gasteiger charge is 2.30. The molecule has 0 N–H and O–H groups in total. The first-order chi connectivity index (χ1) is 12.5. The summed E-state index contributed by atoms with van der Waals surface area (Å²) < 4.78 is 0. The summed E-state index contributed by atoms with van der Waals surface area (Å²) >= 11 is 0. The molecule has 0 radical (unpaired) electrons. The van der Waals surface area contributed by atoms with Gasteiger partial charge in [0, 0.05) is 36.1 Å². The molecule has 0 bridgehead atoms. The van der Waals surface area contributed by atoms with E-state index in [0.29, 0.717) is 13.0 Å². The number of nitro groups is 1. The third-order valence-electron chi connectivity index (χ3n) is 4.62. The quantitative estimate of drug-likeness (QED) is 0.453. The fourth-order valence-corrected chi connectivity index (χ4v) is 3.36. The molecule has 0 aliphatic carbocycles. The average molecular weight is 351 g/mol. The van der Waals surface area contributed by atoms with E-state index in [2.05, 4.69) is 6.58 Å². The average Bonchev–Trinajstić information content (AvgIpc) is 2.95. The second kappa shape index (κ2) is 7.39. The smallest absolute Gasteiger partial charge is 0.269 e. The van der Waals surface area contributed by atoms with Crippen molar-refractivity contribution in [3.05, 3.63) is 76.9 Å². The summed E-state index contributed by atoms with van der Waals surface area (Å²) in [5.74, 6) is -0.0332. The van der Waals surface area contributed by atoms with Crippen molar-refractivity contribution < 1.29 is 9.72 Å². The minimum atomic E-state index is -0.389. The third-order valence-corrected chi connectivity index (χ3v) is 4.62. The first-order valence-corrected chi connectivity index (χ1v) is 8.51. The minimum absolute atomic E-state index is 0.0332. The molecular weight excluding hydrogens is 330 g/mol. The number of carbonyl (C=O) groups excluding carboxylic acids is 1. The van der Waals surface area contributed by atoms with Gasteiger partial charge in [0.15, 0.2) is 0 Å². The monoisotopic (exact) mass is 351 g/mol. The van der Waals surface area contributed by atoms with Gasteiger partial charge in [-0.05, 0) is 37.1 Å². The number of hydrogen-bond acceptors (Lipinski definition) is 4. The highest BCUT2D eigenvalue weighted by Crippen LogP contribution is 2.34. The first kappa shape index (κ1) is 17.7. The summed E-state index contributed by atoms with van der Waals surface area (Å²) in [5, 5.41) is 11.0. The first-order valence-electron chi connectivity index (χ1n) is 8.51. The molecule has 1 atom stereocenters. The highest BCUT2D eigenvalue weighted by molar-refractivity contribution is 5.97. The van der Waals surface area contributed by atoms with Crippen LogP contribution in [0.15, 0.2) is 61.2 Å². The van der Waals surface area contributed by atoms with Crippen molar-refractivity contribution in [2.75, 3.05) is 22.9 Å². The van der Waals surface area contributed by atoms with Crippen LogP contribution < -0.4 is 9.80 Å². The molecule has 6 heteroatoms. The van der Waals surface area contributed by atoms with Gasteiger partial charge in [0.25, 0.3) is 5.69 Å². The van der Waals surface area contributed by atoms with Crippen LogP contribution in [0.3, 0.4) is 0 Å². The molecule has 1 unspecified atom stereocenters. The molecule has 134 valence electrons. The van der Waals surface area contributed by atoms with Gasteiger partial charge in [-0.1, -0.05) is 24.3 Å². The molecule has 2 aromatic rings. The lowest BCUT2D eigenvalue weighted by Gasteiger charge is -2.28. The highest BCUT2D eigenvalue weighted by atomic mass is 16.6. The fraction of sp³-hybridized carbons (Fsp3) is 0.250. The van der Waals surface area contributed by atoms with Gasteiger partial charge < -0.3 is 9.80 Å². The summed E-state index contributed by atoms with van der Waals surface area (Å²) in [6, 6.07) is 14.4. The Morgan fingerprint density at radius 1 is 1.35 bits per heavy atom. The maximum absolute atomic E-state index is 12.9. The molecule has 0 saturated heterocycles. The molecule has 1 amide bonds. The number of non-ortho nitro benzene ring substituents is 1. The lowest BCUT2D eigenvalue weighted by molar-refractivity contribution is -0.384. The maximum atomic E-state index is 12.9. The number of benzene rings is 2. The van der Waals surface area contributed by atoms with E-state index in [1.807, 2.05) is 42.2 Å². The predicted octanol–water partition coefficient (Wildman–Crippen LogP) is 3.57. The zero-order chi connectivity index (χ0) is 18.7. The Morgan fingerprint density at radius 3 is 2.73 bits per heavy atom. The van der Waals surface area contributed by atoms with Crippen LogP contribution in [-0.2, 0) is 11.2 Å². The van der Waals surface area contributed by atoms with Crippen molar-refractivity contribution in [1.29, 1.82) is 0 Å². The van der Waals surface area contributed by atoms with Crippen LogP contribution in [0.2, 0.25) is 0 Å². The normalized spacial score (nSPS) is 15.4. The maximum Gasteiger partial charge on any atom is 0.269 e. The van der Waals surface area contributed by atoms with Gasteiger partial charge in [0.1, 0.15) is 0 Å². The number of fused-ring (bicyclic) bond motifs is 1. The zero-order valence-corrected chi connectivity index (χ0v) is 14.7. The van der Waals surface area contributed by atoms with Crippen molar-refractivity contribution in [2.45, 2.75) is 19.4 Å². The Bertz CT molecular complexity index is 835. The number of rotatable bonds is 6. The van der Waals surface area contributed by atoms with Crippen molar-refractivity contribution in [3.63, 3.8) is 0 Å². The fourth-order valence-electron chi connectivity index (χ4n) is 3.36. The Hall–Kier alpha value is -3.15. The van der Waals surface area contributed by atoms with E-state index in [-0.39, 0.29) is 29.1 Å². The topological polar surface area (TPSA) is 66.7 Å². The molecule has 1 heterocycles. The van der Waals surface area contributed by atoms with E-state index in [0.717, 1.165) is 16.9 Å². The molecule has 0 aromatic heterocycles. The van der Waals surface area contributed by atoms with Crippen molar-refractivity contribution in [3.8, 4) is 0 Å². The van der Waals surface area contributed by atoms with E-state index < -0.39 is 0 Å². The number of nitrogens with zero attached hydrogens (tertiary/aromatic N) is 3. The predicted molar refractivity (Wildman–Crippen MR) is 103 cm³/mol. The molecular formula is C20H21N3O3. The number of anilines is 2. The number of nitro benzene ring substituents is 1. The number of hydrogen-bond donors (Lipinski definition) is 0. The van der Waals surface area contributed by atoms with E-state index in [4.69, 9.17) is 0 Å². The van der Waals surface area contributed by atoms with Crippen LogP contribution in [0.25, 0.3) is 0 Å². The largest absolute Gasteiger partial charge is 0.359 e. The van der Waals surface area contributed by atoms with Crippen LogP contribution in [0, 0.1) is 10.1 Å². The van der Waals surface area contributed by atoms with Crippen LogP contribution in [0.4, 0.5) is 17.1 Å². The van der Waals surface area contributed by atoms with Crippen LogP contribution in [0.5, 0.6) is 0 Å². The number of amides is 1. The van der Waals surface area contributed by atoms with Crippen LogP contribution in [0.1, 0.15) is 12.5 Å². The summed E-state index contributed by atoms with van der Waals surface area (Å²) in [5.41, 5.74) is 2.72. The Morgan fingerprint density at radius 2 is 2.08 bits per heavy atom. The van der Waals surface area contributed by atoms with E-state index in [1.54, 1.807) is 23.1 Å². The summed E-state index contributed by atoms with van der Waals surface area (Å²) in [6.45, 7) is 6.42. The molecule has 1 aliphatic heterocycles. The lowest BCUT2D eigenvalue weighted by atomic mass is 10.1. The summed E-state index contributed by atoms with van der Waals surface area (Å²) in [4.78, 5) is 27.3. The van der Waals surface area contributed by atoms with Gasteiger partial charge in [0.2, 0.25) is 5.91 Å². The molecule has 0 saturated carbocycles. The summed E-state index contributed by atoms with van der Waals surface area (Å²) in [6.07, 6.45) is 2.40. The van der Waals surface area contributed by atoms with Crippen molar-refractivity contribution in [2.24, 2.45) is 0 Å². The summed E-state index contributed by atoms with van der Waals surface area (Å²) in [7, 11) is 0. The van der Waals surface area contributed by atoms with Gasteiger partial charge >= 0.3 is 0 Å². The van der Waals surface area contributed by atoms with Gasteiger partial charge in [-0.3, -0.25) is 14.9 Å². The Kier molecular flexibility index (Phi) is 5.02. The molecule has 26 heavy (non-hydrogen) atoms.